The minimum Gasteiger partial charge on any atom is -0.352 e. The topological polar surface area (TPSA) is 89.3 Å². The van der Waals surface area contributed by atoms with Gasteiger partial charge in [-0.15, -0.1) is 12.4 Å². The zero-order valence-corrected chi connectivity index (χ0v) is 14.8. The molecule has 0 aromatic rings. The summed E-state index contributed by atoms with van der Waals surface area (Å²) in [6.45, 7) is 4.43. The maximum Gasteiger partial charge on any atom is 0.237 e. The highest BCUT2D eigenvalue weighted by Crippen LogP contribution is 2.29. The Morgan fingerprint density at radius 2 is 1.95 bits per heavy atom. The first-order chi connectivity index (χ1) is 9.19. The Kier molecular flexibility index (Phi) is 8.81. The molecule has 7 heteroatoms. The van der Waals surface area contributed by atoms with E-state index in [9.17, 15) is 13.2 Å². The van der Waals surface area contributed by atoms with Crippen LogP contribution in [0.4, 0.5) is 0 Å². The number of rotatable bonds is 6. The number of carbonyl (C=O) groups excluding carboxylic acids is 1. The molecule has 3 unspecified atom stereocenters. The van der Waals surface area contributed by atoms with E-state index < -0.39 is 15.9 Å². The van der Waals surface area contributed by atoms with Crippen LogP contribution >= 0.6 is 12.4 Å². The Hall–Kier alpha value is -0.330. The highest BCUT2D eigenvalue weighted by atomic mass is 35.5. The molecular weight excluding hydrogens is 312 g/mol. The summed E-state index contributed by atoms with van der Waals surface area (Å²) in [6, 6.07) is -0.544. The summed E-state index contributed by atoms with van der Waals surface area (Å²) in [5, 5.41) is 2.98. The molecular formula is C14H29ClN2O3S. The van der Waals surface area contributed by atoms with E-state index in [1.165, 1.54) is 6.42 Å². The quantitative estimate of drug-likeness (QED) is 0.766. The van der Waals surface area contributed by atoms with Crippen LogP contribution in [0.5, 0.6) is 0 Å². The van der Waals surface area contributed by atoms with Crippen LogP contribution < -0.4 is 11.1 Å². The molecule has 1 amide bonds. The third-order valence-corrected chi connectivity index (χ3v) is 5.12. The van der Waals surface area contributed by atoms with E-state index >= 15 is 0 Å². The number of amides is 1. The van der Waals surface area contributed by atoms with Gasteiger partial charge in [0.25, 0.3) is 0 Å². The van der Waals surface area contributed by atoms with Gasteiger partial charge in [-0.05, 0) is 31.1 Å². The summed E-state index contributed by atoms with van der Waals surface area (Å²) >= 11 is 0. The number of hydrogen-bond donors (Lipinski definition) is 2. The monoisotopic (exact) mass is 340 g/mol. The first-order valence-corrected chi connectivity index (χ1v) is 9.48. The van der Waals surface area contributed by atoms with Crippen LogP contribution in [0.15, 0.2) is 0 Å². The number of carbonyl (C=O) groups is 1. The second-order valence-corrected chi connectivity index (χ2v) is 8.66. The van der Waals surface area contributed by atoms with Crippen LogP contribution in [0.25, 0.3) is 0 Å². The normalized spacial score (nSPS) is 24.2. The molecule has 0 radical (unpaired) electrons. The molecule has 1 aliphatic carbocycles. The van der Waals surface area contributed by atoms with Crippen molar-refractivity contribution in [1.82, 2.24) is 5.32 Å². The van der Waals surface area contributed by atoms with Gasteiger partial charge in [0.15, 0.2) is 0 Å². The van der Waals surface area contributed by atoms with E-state index in [4.69, 9.17) is 5.73 Å². The first-order valence-electron chi connectivity index (χ1n) is 7.42. The lowest BCUT2D eigenvalue weighted by Crippen LogP contribution is -2.47. The summed E-state index contributed by atoms with van der Waals surface area (Å²) < 4.78 is 22.2. The molecule has 21 heavy (non-hydrogen) atoms. The molecule has 5 nitrogen and oxygen atoms in total. The van der Waals surface area contributed by atoms with Crippen molar-refractivity contribution in [2.45, 2.75) is 58.0 Å². The number of nitrogens with two attached hydrogens (primary N) is 1. The Labute approximate surface area is 134 Å². The first kappa shape index (κ1) is 20.7. The molecule has 1 aliphatic rings. The number of hydrogen-bond acceptors (Lipinski definition) is 4. The molecule has 0 aromatic heterocycles. The van der Waals surface area contributed by atoms with Crippen LogP contribution in [0, 0.1) is 11.8 Å². The van der Waals surface area contributed by atoms with Crippen molar-refractivity contribution in [2.24, 2.45) is 17.6 Å². The highest BCUT2D eigenvalue weighted by Gasteiger charge is 2.26. The van der Waals surface area contributed by atoms with Gasteiger partial charge in [-0.2, -0.15) is 0 Å². The fourth-order valence-electron chi connectivity index (χ4n) is 2.74. The summed E-state index contributed by atoms with van der Waals surface area (Å²) in [7, 11) is -3.07. The van der Waals surface area contributed by atoms with E-state index in [1.54, 1.807) is 0 Å². The van der Waals surface area contributed by atoms with Gasteiger partial charge in [0.1, 0.15) is 9.84 Å². The van der Waals surface area contributed by atoms with Crippen molar-refractivity contribution in [3.8, 4) is 0 Å². The van der Waals surface area contributed by atoms with E-state index in [-0.39, 0.29) is 36.5 Å². The number of halogens is 1. The summed E-state index contributed by atoms with van der Waals surface area (Å²) in [5.74, 6) is 1.03. The zero-order valence-electron chi connectivity index (χ0n) is 13.2. The number of sulfone groups is 1. The Bertz CT molecular complexity index is 426. The second kappa shape index (κ2) is 8.96. The predicted molar refractivity (Wildman–Crippen MR) is 88.3 cm³/mol. The van der Waals surface area contributed by atoms with E-state index in [2.05, 4.69) is 19.2 Å². The molecule has 3 N–H and O–H groups in total. The Morgan fingerprint density at radius 3 is 2.48 bits per heavy atom. The lowest BCUT2D eigenvalue weighted by Gasteiger charge is -2.32. The maximum atomic E-state index is 12.0. The van der Waals surface area contributed by atoms with Gasteiger partial charge in [-0.3, -0.25) is 4.79 Å². The standard InChI is InChI=1S/C14H28N2O3S.ClH/c1-10(2)11-5-4-6-12(9-11)16-14(17)13(15)7-8-20(3,18)19;/h10-13H,4-9,15H2,1-3H3,(H,16,17);1H. The van der Waals surface area contributed by atoms with Gasteiger partial charge in [-0.1, -0.05) is 26.7 Å². The summed E-state index contributed by atoms with van der Waals surface area (Å²) in [6.07, 6.45) is 5.70. The average Bonchev–Trinajstić information content (AvgIpc) is 2.35. The van der Waals surface area contributed by atoms with Gasteiger partial charge in [-0.25, -0.2) is 8.42 Å². The second-order valence-electron chi connectivity index (χ2n) is 6.40. The molecule has 1 rings (SSSR count). The van der Waals surface area contributed by atoms with Gasteiger partial charge in [0, 0.05) is 12.3 Å². The minimum atomic E-state index is -3.07. The lowest BCUT2D eigenvalue weighted by molar-refractivity contribution is -0.123. The fraction of sp³-hybridized carbons (Fsp3) is 0.929. The molecule has 0 aromatic carbocycles. The van der Waals surface area contributed by atoms with E-state index in [0.29, 0.717) is 11.8 Å². The van der Waals surface area contributed by atoms with Crippen molar-refractivity contribution >= 4 is 28.2 Å². The van der Waals surface area contributed by atoms with E-state index in [1.807, 2.05) is 0 Å². The Balaban J connectivity index is 0.00000400. The van der Waals surface area contributed by atoms with Gasteiger partial charge in [0.05, 0.1) is 11.8 Å². The van der Waals surface area contributed by atoms with Crippen LogP contribution in [0.1, 0.15) is 46.0 Å². The molecule has 0 saturated heterocycles. The van der Waals surface area contributed by atoms with Crippen molar-refractivity contribution in [2.75, 3.05) is 12.0 Å². The maximum absolute atomic E-state index is 12.0. The molecule has 3 atom stereocenters. The fourth-order valence-corrected chi connectivity index (χ4v) is 3.43. The van der Waals surface area contributed by atoms with Crippen LogP contribution in [-0.2, 0) is 14.6 Å². The molecule has 0 bridgehead atoms. The summed E-state index contributed by atoms with van der Waals surface area (Å²) in [4.78, 5) is 12.0. The highest BCUT2D eigenvalue weighted by molar-refractivity contribution is 7.90. The van der Waals surface area contributed by atoms with Crippen LogP contribution in [0.3, 0.4) is 0 Å². The van der Waals surface area contributed by atoms with Crippen LogP contribution in [0.2, 0.25) is 0 Å². The third-order valence-electron chi connectivity index (χ3n) is 4.14. The molecule has 1 fully saturated rings. The lowest BCUT2D eigenvalue weighted by atomic mass is 9.79. The van der Waals surface area contributed by atoms with Crippen LogP contribution in [-0.4, -0.2) is 38.4 Å². The molecule has 126 valence electrons. The van der Waals surface area contributed by atoms with Crippen molar-refractivity contribution in [3.63, 3.8) is 0 Å². The predicted octanol–water partition coefficient (Wildman–Crippen LogP) is 1.50. The van der Waals surface area contributed by atoms with Gasteiger partial charge < -0.3 is 11.1 Å². The smallest absolute Gasteiger partial charge is 0.237 e. The Morgan fingerprint density at radius 1 is 1.33 bits per heavy atom. The van der Waals surface area contributed by atoms with Gasteiger partial charge in [0.2, 0.25) is 5.91 Å². The SMILES string of the molecule is CC(C)C1CCCC(NC(=O)C(N)CCS(C)(=O)=O)C1.Cl. The van der Waals surface area contributed by atoms with Crippen molar-refractivity contribution < 1.29 is 13.2 Å². The van der Waals surface area contributed by atoms with Crippen molar-refractivity contribution in [1.29, 1.82) is 0 Å². The zero-order chi connectivity index (χ0) is 15.3. The largest absolute Gasteiger partial charge is 0.352 e. The molecule has 0 spiro atoms. The molecule has 0 heterocycles. The average molecular weight is 341 g/mol. The molecule has 0 aliphatic heterocycles. The number of nitrogens with one attached hydrogen (secondary N) is 1. The van der Waals surface area contributed by atoms with Crippen molar-refractivity contribution in [3.05, 3.63) is 0 Å². The summed E-state index contributed by atoms with van der Waals surface area (Å²) in [5.41, 5.74) is 5.76. The third kappa shape index (κ3) is 8.02. The molecule has 1 saturated carbocycles. The van der Waals surface area contributed by atoms with Gasteiger partial charge >= 0.3 is 0 Å². The minimum absolute atomic E-state index is 0. The van der Waals surface area contributed by atoms with E-state index in [0.717, 1.165) is 25.5 Å².